The summed E-state index contributed by atoms with van der Waals surface area (Å²) in [5.74, 6) is 1.09. The monoisotopic (exact) mass is 337 g/mol. The molecule has 0 aromatic rings. The first kappa shape index (κ1) is 11.9. The molecule has 1 amide bonds. The molecule has 1 heterocycles. The fraction of sp³-hybridized carbons (Fsp3) is 0.909. The van der Waals surface area contributed by atoms with Crippen molar-refractivity contribution in [3.05, 3.63) is 0 Å². The second kappa shape index (κ2) is 3.73. The van der Waals surface area contributed by atoms with Crippen LogP contribution in [0.4, 0.5) is 0 Å². The van der Waals surface area contributed by atoms with Gasteiger partial charge in [0.05, 0.1) is 8.65 Å². The summed E-state index contributed by atoms with van der Waals surface area (Å²) >= 11 is 7.11. The predicted octanol–water partition coefficient (Wildman–Crippen LogP) is 3.14. The number of halogens is 2. The van der Waals surface area contributed by atoms with Gasteiger partial charge in [0.2, 0.25) is 5.91 Å². The van der Waals surface area contributed by atoms with E-state index in [0.29, 0.717) is 5.91 Å². The summed E-state index contributed by atoms with van der Waals surface area (Å²) in [4.78, 5) is 14.3. The van der Waals surface area contributed by atoms with Gasteiger partial charge in [-0.3, -0.25) is 4.79 Å². The molecule has 1 saturated heterocycles. The van der Waals surface area contributed by atoms with Crippen LogP contribution in [0, 0.1) is 11.3 Å². The van der Waals surface area contributed by atoms with Crippen LogP contribution >= 0.6 is 31.9 Å². The summed E-state index contributed by atoms with van der Waals surface area (Å²) in [7, 11) is 0. The van der Waals surface area contributed by atoms with Crippen molar-refractivity contribution in [2.24, 2.45) is 11.3 Å². The van der Waals surface area contributed by atoms with Crippen LogP contribution in [0.1, 0.15) is 33.1 Å². The maximum Gasteiger partial charge on any atom is 0.230 e. The van der Waals surface area contributed by atoms with E-state index in [2.05, 4.69) is 38.8 Å². The largest absolute Gasteiger partial charge is 0.342 e. The Balaban J connectivity index is 1.98. The van der Waals surface area contributed by atoms with Crippen LogP contribution in [-0.2, 0) is 4.79 Å². The molecular weight excluding hydrogens is 322 g/mol. The number of likely N-dealkylation sites (tertiary alicyclic amines) is 1. The summed E-state index contributed by atoms with van der Waals surface area (Å²) in [6.45, 7) is 6.17. The van der Waals surface area contributed by atoms with Gasteiger partial charge in [-0.1, -0.05) is 38.8 Å². The van der Waals surface area contributed by atoms with Crippen molar-refractivity contribution in [1.82, 2.24) is 4.90 Å². The molecule has 4 heteroatoms. The molecular formula is C11H17Br2NO. The van der Waals surface area contributed by atoms with E-state index in [4.69, 9.17) is 0 Å². The molecule has 86 valence electrons. The highest BCUT2D eigenvalue weighted by Crippen LogP contribution is 2.67. The van der Waals surface area contributed by atoms with Crippen LogP contribution in [0.2, 0.25) is 0 Å². The Kier molecular flexibility index (Phi) is 2.96. The van der Waals surface area contributed by atoms with E-state index >= 15 is 0 Å². The third-order valence-electron chi connectivity index (χ3n) is 3.80. The minimum atomic E-state index is -0.229. The van der Waals surface area contributed by atoms with Gasteiger partial charge in [0.15, 0.2) is 0 Å². The molecule has 1 saturated carbocycles. The summed E-state index contributed by atoms with van der Waals surface area (Å²) in [5.41, 5.74) is -0.229. The van der Waals surface area contributed by atoms with E-state index in [0.717, 1.165) is 38.3 Å². The minimum Gasteiger partial charge on any atom is -0.342 e. The van der Waals surface area contributed by atoms with Crippen molar-refractivity contribution in [1.29, 1.82) is 0 Å². The van der Waals surface area contributed by atoms with Gasteiger partial charge < -0.3 is 4.90 Å². The summed E-state index contributed by atoms with van der Waals surface area (Å²) < 4.78 is -0.146. The Morgan fingerprint density at radius 3 is 2.20 bits per heavy atom. The molecule has 0 N–H and O–H groups in total. The SMILES string of the molecule is CC1CCN(C(=O)[C@@]2(C)CC2(Br)Br)CC1. The molecule has 15 heavy (non-hydrogen) atoms. The van der Waals surface area contributed by atoms with E-state index in [-0.39, 0.29) is 8.65 Å². The fourth-order valence-electron chi connectivity index (χ4n) is 2.19. The Morgan fingerprint density at radius 2 is 1.80 bits per heavy atom. The number of hydrogen-bond acceptors (Lipinski definition) is 1. The van der Waals surface area contributed by atoms with E-state index in [9.17, 15) is 4.79 Å². The molecule has 0 aromatic carbocycles. The van der Waals surface area contributed by atoms with Crippen molar-refractivity contribution in [3.8, 4) is 0 Å². The van der Waals surface area contributed by atoms with Crippen molar-refractivity contribution in [2.45, 2.75) is 36.3 Å². The number of hydrogen-bond donors (Lipinski definition) is 0. The number of piperidine rings is 1. The van der Waals surface area contributed by atoms with Crippen molar-refractivity contribution in [3.63, 3.8) is 0 Å². The highest BCUT2D eigenvalue weighted by atomic mass is 79.9. The first-order valence-corrected chi connectivity index (χ1v) is 7.13. The maximum atomic E-state index is 12.3. The van der Waals surface area contributed by atoms with Crippen LogP contribution < -0.4 is 0 Å². The Labute approximate surface area is 108 Å². The average molecular weight is 339 g/mol. The van der Waals surface area contributed by atoms with Gasteiger partial charge in [0.1, 0.15) is 0 Å². The summed E-state index contributed by atoms with van der Waals surface area (Å²) in [6, 6.07) is 0. The maximum absolute atomic E-state index is 12.3. The van der Waals surface area contributed by atoms with E-state index in [1.165, 1.54) is 0 Å². The van der Waals surface area contributed by atoms with Crippen LogP contribution in [-0.4, -0.2) is 27.1 Å². The number of alkyl halides is 2. The molecule has 0 spiro atoms. The average Bonchev–Trinajstić information content (AvgIpc) is 2.67. The second-order valence-electron chi connectivity index (χ2n) is 5.19. The van der Waals surface area contributed by atoms with Crippen molar-refractivity contribution in [2.75, 3.05) is 13.1 Å². The third kappa shape index (κ3) is 1.99. The molecule has 1 aliphatic heterocycles. The molecule has 0 bridgehead atoms. The van der Waals surface area contributed by atoms with E-state index < -0.39 is 0 Å². The number of carbonyl (C=O) groups excluding carboxylic acids is 1. The normalized spacial score (nSPS) is 35.3. The zero-order valence-corrected chi connectivity index (χ0v) is 12.4. The topological polar surface area (TPSA) is 20.3 Å². The molecule has 0 aromatic heterocycles. The molecule has 1 aliphatic carbocycles. The Bertz CT molecular complexity index is 284. The van der Waals surface area contributed by atoms with Gasteiger partial charge >= 0.3 is 0 Å². The molecule has 1 atom stereocenters. The molecule has 2 fully saturated rings. The molecule has 2 aliphatic rings. The smallest absolute Gasteiger partial charge is 0.230 e. The summed E-state index contributed by atoms with van der Waals surface area (Å²) in [6.07, 6.45) is 3.20. The van der Waals surface area contributed by atoms with Gasteiger partial charge in [-0.25, -0.2) is 0 Å². The fourth-order valence-corrected chi connectivity index (χ4v) is 3.65. The lowest BCUT2D eigenvalue weighted by Gasteiger charge is -2.32. The van der Waals surface area contributed by atoms with Gasteiger partial charge in [-0.05, 0) is 32.1 Å². The predicted molar refractivity (Wildman–Crippen MR) is 68.3 cm³/mol. The van der Waals surface area contributed by atoms with Crippen LogP contribution in [0.25, 0.3) is 0 Å². The Morgan fingerprint density at radius 1 is 1.33 bits per heavy atom. The van der Waals surface area contributed by atoms with Crippen molar-refractivity contribution < 1.29 is 4.79 Å². The lowest BCUT2D eigenvalue weighted by Crippen LogP contribution is -2.42. The third-order valence-corrected chi connectivity index (χ3v) is 6.11. The second-order valence-corrected chi connectivity index (χ2v) is 8.96. The van der Waals surface area contributed by atoms with Gasteiger partial charge in [0.25, 0.3) is 0 Å². The number of rotatable bonds is 1. The first-order chi connectivity index (χ1) is 6.87. The molecule has 2 nitrogen and oxygen atoms in total. The summed E-state index contributed by atoms with van der Waals surface area (Å²) in [5, 5.41) is 0. The number of nitrogens with zero attached hydrogens (tertiary/aromatic N) is 1. The van der Waals surface area contributed by atoms with Crippen LogP contribution in [0.3, 0.4) is 0 Å². The molecule has 2 rings (SSSR count). The van der Waals surface area contributed by atoms with Crippen molar-refractivity contribution >= 4 is 37.8 Å². The zero-order valence-electron chi connectivity index (χ0n) is 9.22. The van der Waals surface area contributed by atoms with E-state index in [1.54, 1.807) is 0 Å². The minimum absolute atomic E-state index is 0.146. The highest BCUT2D eigenvalue weighted by molar-refractivity contribution is 9.25. The van der Waals surface area contributed by atoms with Gasteiger partial charge in [0, 0.05) is 13.1 Å². The van der Waals surface area contributed by atoms with Gasteiger partial charge in [-0.2, -0.15) is 0 Å². The zero-order chi connectivity index (χ0) is 11.3. The lowest BCUT2D eigenvalue weighted by atomic mass is 9.97. The first-order valence-electron chi connectivity index (χ1n) is 5.54. The highest BCUT2D eigenvalue weighted by Gasteiger charge is 2.67. The van der Waals surface area contributed by atoms with Crippen LogP contribution in [0.5, 0.6) is 0 Å². The van der Waals surface area contributed by atoms with Gasteiger partial charge in [-0.15, -0.1) is 0 Å². The Hall–Kier alpha value is 0.430. The number of amides is 1. The quantitative estimate of drug-likeness (QED) is 0.672. The molecule has 0 radical (unpaired) electrons. The standard InChI is InChI=1S/C11H17Br2NO/c1-8-3-5-14(6-4-8)9(15)10(2)7-11(10,12)13/h8H,3-7H2,1-2H3/t10-/m1/s1. The lowest BCUT2D eigenvalue weighted by molar-refractivity contribution is -0.137. The number of carbonyl (C=O) groups is 1. The van der Waals surface area contributed by atoms with E-state index in [1.807, 2.05) is 11.8 Å². The van der Waals surface area contributed by atoms with Crippen LogP contribution in [0.15, 0.2) is 0 Å². The molecule has 0 unspecified atom stereocenters.